The largest absolute Gasteiger partial charge is 0.606 e. The first-order valence-corrected chi connectivity index (χ1v) is 7.00. The van der Waals surface area contributed by atoms with Crippen molar-refractivity contribution in [1.29, 1.82) is 0 Å². The molecule has 1 heterocycles. The molecule has 2 aromatic rings. The summed E-state index contributed by atoms with van der Waals surface area (Å²) in [5, 5.41) is 10.8. The second-order valence-electron chi connectivity index (χ2n) is 4.61. The number of nitro groups is 1. The molecule has 0 spiro atoms. The van der Waals surface area contributed by atoms with Crippen LogP contribution in [-0.4, -0.2) is 9.48 Å². The molecule has 1 atom stereocenters. The lowest BCUT2D eigenvalue weighted by Crippen LogP contribution is -2.15. The maximum Gasteiger partial charge on any atom is 0.270 e. The van der Waals surface area contributed by atoms with Crippen LogP contribution >= 0.6 is 0 Å². The smallest absolute Gasteiger partial charge is 0.270 e. The Bertz CT molecular complexity index is 684. The van der Waals surface area contributed by atoms with Crippen LogP contribution in [0.5, 0.6) is 0 Å². The molecule has 96 valence electrons. The number of fused-ring (bicyclic) bond motifs is 2. The molecule has 0 saturated heterocycles. The minimum absolute atomic E-state index is 0.0480. The highest BCUT2D eigenvalue weighted by Crippen LogP contribution is 2.36. The molecule has 4 nitrogen and oxygen atoms in total. The zero-order valence-corrected chi connectivity index (χ0v) is 11.1. The van der Waals surface area contributed by atoms with E-state index in [2.05, 4.69) is 0 Å². The van der Waals surface area contributed by atoms with Gasteiger partial charge in [0.2, 0.25) is 0 Å². The van der Waals surface area contributed by atoms with Gasteiger partial charge in [-0.3, -0.25) is 10.1 Å². The first-order chi connectivity index (χ1) is 9.06. The summed E-state index contributed by atoms with van der Waals surface area (Å²) in [7, 11) is 0. The molecule has 2 aromatic carbocycles. The van der Waals surface area contributed by atoms with Crippen LogP contribution in [0.3, 0.4) is 0 Å². The molecule has 5 heteroatoms. The lowest BCUT2D eigenvalue weighted by atomic mass is 10.0. The summed E-state index contributed by atoms with van der Waals surface area (Å²) in [6.45, 7) is 1.98. The number of benzene rings is 2. The molecule has 19 heavy (non-hydrogen) atoms. The molecule has 0 aromatic heterocycles. The average molecular weight is 273 g/mol. The number of nitro benzene ring substituents is 1. The van der Waals surface area contributed by atoms with Gasteiger partial charge in [-0.25, -0.2) is 0 Å². The molecule has 0 saturated carbocycles. The number of hydrogen-bond donors (Lipinski definition) is 0. The fourth-order valence-electron chi connectivity index (χ4n) is 2.35. The molecule has 0 bridgehead atoms. The van der Waals surface area contributed by atoms with Gasteiger partial charge in [-0.2, -0.15) is 0 Å². The van der Waals surface area contributed by atoms with Crippen LogP contribution < -0.4 is 0 Å². The Morgan fingerprint density at radius 1 is 1.11 bits per heavy atom. The minimum Gasteiger partial charge on any atom is -0.606 e. The molecule has 3 rings (SSSR count). The minimum atomic E-state index is -1.24. The van der Waals surface area contributed by atoms with Crippen LogP contribution in [0.15, 0.2) is 46.2 Å². The molecular formula is C14H11NO3S. The van der Waals surface area contributed by atoms with E-state index >= 15 is 0 Å². The fourth-order valence-corrected chi connectivity index (χ4v) is 3.71. The Morgan fingerprint density at radius 3 is 2.42 bits per heavy atom. The summed E-state index contributed by atoms with van der Waals surface area (Å²) in [6.07, 6.45) is 0.597. The first-order valence-electron chi connectivity index (χ1n) is 5.85. The molecule has 0 N–H and O–H groups in total. The summed E-state index contributed by atoms with van der Waals surface area (Å²) in [5.41, 5.74) is 2.92. The van der Waals surface area contributed by atoms with Crippen molar-refractivity contribution in [2.75, 3.05) is 0 Å². The summed E-state index contributed by atoms with van der Waals surface area (Å²) < 4.78 is 12.4. The van der Waals surface area contributed by atoms with Crippen LogP contribution in [0.4, 0.5) is 5.69 Å². The van der Waals surface area contributed by atoms with Crippen molar-refractivity contribution in [1.82, 2.24) is 0 Å². The third-order valence-corrected chi connectivity index (χ3v) is 4.85. The topological polar surface area (TPSA) is 66.2 Å². The van der Waals surface area contributed by atoms with Gasteiger partial charge >= 0.3 is 0 Å². The van der Waals surface area contributed by atoms with E-state index < -0.39 is 16.1 Å². The van der Waals surface area contributed by atoms with E-state index in [0.717, 1.165) is 21.6 Å². The van der Waals surface area contributed by atoms with Crippen LogP contribution in [0.25, 0.3) is 0 Å². The number of nitrogens with zero attached hydrogens (tertiary/aromatic N) is 1. The fraction of sp³-hybridized carbons (Fsp3) is 0.143. The zero-order chi connectivity index (χ0) is 13.6. The molecule has 1 aliphatic rings. The van der Waals surface area contributed by atoms with E-state index in [0.29, 0.717) is 11.3 Å². The predicted molar refractivity (Wildman–Crippen MR) is 71.8 cm³/mol. The quantitative estimate of drug-likeness (QED) is 0.456. The van der Waals surface area contributed by atoms with E-state index in [1.807, 2.05) is 25.1 Å². The number of rotatable bonds is 1. The molecule has 1 unspecified atom stereocenters. The first kappa shape index (κ1) is 12.2. The Kier molecular flexibility index (Phi) is 2.80. The Morgan fingerprint density at radius 2 is 1.74 bits per heavy atom. The number of hydrogen-bond acceptors (Lipinski definition) is 3. The van der Waals surface area contributed by atoms with Crippen LogP contribution in [0.2, 0.25) is 0 Å². The van der Waals surface area contributed by atoms with Crippen molar-refractivity contribution in [3.05, 3.63) is 63.2 Å². The van der Waals surface area contributed by atoms with E-state index in [-0.39, 0.29) is 5.69 Å². The summed E-state index contributed by atoms with van der Waals surface area (Å²) in [6, 6.07) is 10.4. The average Bonchev–Trinajstić information content (AvgIpc) is 2.37. The van der Waals surface area contributed by atoms with Crippen molar-refractivity contribution in [2.45, 2.75) is 23.1 Å². The van der Waals surface area contributed by atoms with Crippen LogP contribution in [0, 0.1) is 17.0 Å². The molecule has 0 fully saturated rings. The van der Waals surface area contributed by atoms with Crippen LogP contribution in [0.1, 0.15) is 16.7 Å². The molecule has 0 aliphatic carbocycles. The highest BCUT2D eigenvalue weighted by atomic mass is 32.2. The van der Waals surface area contributed by atoms with Gasteiger partial charge in [-0.1, -0.05) is 17.7 Å². The van der Waals surface area contributed by atoms with E-state index in [9.17, 15) is 14.7 Å². The van der Waals surface area contributed by atoms with Crippen molar-refractivity contribution >= 4 is 16.9 Å². The summed E-state index contributed by atoms with van der Waals surface area (Å²) in [5.74, 6) is 0. The monoisotopic (exact) mass is 273 g/mol. The van der Waals surface area contributed by atoms with Crippen molar-refractivity contribution in [3.63, 3.8) is 0 Å². The van der Waals surface area contributed by atoms with E-state index in [1.165, 1.54) is 12.1 Å². The lowest BCUT2D eigenvalue weighted by molar-refractivity contribution is -0.385. The Balaban J connectivity index is 2.13. The molecule has 1 aliphatic heterocycles. The maximum absolute atomic E-state index is 12.4. The third-order valence-electron chi connectivity index (χ3n) is 3.25. The van der Waals surface area contributed by atoms with E-state index in [4.69, 9.17) is 0 Å². The van der Waals surface area contributed by atoms with Crippen LogP contribution in [-0.2, 0) is 17.6 Å². The summed E-state index contributed by atoms with van der Waals surface area (Å²) in [4.78, 5) is 11.9. The predicted octanol–water partition coefficient (Wildman–Crippen LogP) is 2.97. The highest BCUT2D eigenvalue weighted by Gasteiger charge is 2.29. The van der Waals surface area contributed by atoms with Gasteiger partial charge in [-0.15, -0.1) is 0 Å². The Hall–Kier alpha value is -1.85. The van der Waals surface area contributed by atoms with Crippen molar-refractivity contribution in [2.24, 2.45) is 0 Å². The van der Waals surface area contributed by atoms with Gasteiger partial charge in [0.25, 0.3) is 5.69 Å². The van der Waals surface area contributed by atoms with Gasteiger partial charge in [-0.05, 0) is 13.0 Å². The standard InChI is InChI=1S/C14H11NO3S/c1-9-2-4-13-10(6-9)7-11-8-12(15(16)17)3-5-14(11)19(13)18/h2-6,8H,7H2,1H3. The van der Waals surface area contributed by atoms with Crippen molar-refractivity contribution < 1.29 is 9.48 Å². The van der Waals surface area contributed by atoms with Gasteiger partial charge in [0.15, 0.2) is 9.79 Å². The SMILES string of the molecule is Cc1ccc2c(c1)Cc1cc([N+](=O)[O-])ccc1[S+]2[O-]. The molecular weight excluding hydrogens is 262 g/mol. The third kappa shape index (κ3) is 2.01. The molecule has 0 radical (unpaired) electrons. The normalized spacial score (nSPS) is 16.6. The lowest BCUT2D eigenvalue weighted by Gasteiger charge is -2.21. The Labute approximate surface area is 113 Å². The molecule has 0 amide bonds. The number of aryl methyl sites for hydroxylation is 1. The summed E-state index contributed by atoms with van der Waals surface area (Å²) >= 11 is -1.24. The second kappa shape index (κ2) is 4.36. The van der Waals surface area contributed by atoms with Crippen molar-refractivity contribution in [3.8, 4) is 0 Å². The maximum atomic E-state index is 12.4. The van der Waals surface area contributed by atoms with Gasteiger partial charge in [0, 0.05) is 46.9 Å². The zero-order valence-electron chi connectivity index (χ0n) is 10.3. The highest BCUT2D eigenvalue weighted by molar-refractivity contribution is 7.91. The van der Waals surface area contributed by atoms with E-state index in [1.54, 1.807) is 6.07 Å². The van der Waals surface area contributed by atoms with Gasteiger partial charge in [0.05, 0.1) is 4.92 Å². The number of non-ortho nitro benzene ring substituents is 1. The second-order valence-corrected chi connectivity index (χ2v) is 6.02. The van der Waals surface area contributed by atoms with Gasteiger partial charge in [0.1, 0.15) is 0 Å². The van der Waals surface area contributed by atoms with Gasteiger partial charge < -0.3 is 4.55 Å².